The fourth-order valence-corrected chi connectivity index (χ4v) is 3.38. The number of nitrogens with one attached hydrogen (secondary N) is 2. The number of hydrogen-bond acceptors (Lipinski definition) is 2. The van der Waals surface area contributed by atoms with Crippen LogP contribution in [0.4, 0.5) is 20.8 Å². The highest BCUT2D eigenvalue weighted by molar-refractivity contribution is 9.10. The third kappa shape index (κ3) is 4.04. The predicted octanol–water partition coefficient (Wildman–Crippen LogP) is 5.63. The second-order valence-electron chi connectivity index (χ2n) is 6.23. The lowest BCUT2D eigenvalue weighted by Crippen LogP contribution is -2.22. The van der Waals surface area contributed by atoms with Crippen molar-refractivity contribution < 1.29 is 9.18 Å². The Morgan fingerprint density at radius 2 is 1.82 bits per heavy atom. The molecule has 4 aromatic rings. The van der Waals surface area contributed by atoms with Crippen molar-refractivity contribution in [2.24, 2.45) is 0 Å². The van der Waals surface area contributed by atoms with Gasteiger partial charge in [0.2, 0.25) is 5.95 Å². The summed E-state index contributed by atoms with van der Waals surface area (Å²) in [5.41, 5.74) is 3.03. The number of amides is 2. The predicted molar refractivity (Wildman–Crippen MR) is 112 cm³/mol. The van der Waals surface area contributed by atoms with Gasteiger partial charge in [0, 0.05) is 10.2 Å². The Balaban J connectivity index is 1.63. The molecule has 3 aromatic carbocycles. The van der Waals surface area contributed by atoms with E-state index >= 15 is 0 Å². The largest absolute Gasteiger partial charge is 0.326 e. The highest BCUT2D eigenvalue weighted by atomic mass is 79.9. The summed E-state index contributed by atoms with van der Waals surface area (Å²) in [6, 6.07) is 20.8. The van der Waals surface area contributed by atoms with Crippen molar-refractivity contribution in [1.82, 2.24) is 9.55 Å². The number of benzene rings is 3. The molecule has 0 unspecified atom stereocenters. The smallest absolute Gasteiger partial charge is 0.308 e. The van der Waals surface area contributed by atoms with E-state index < -0.39 is 6.03 Å². The van der Waals surface area contributed by atoms with Gasteiger partial charge in [-0.3, -0.25) is 5.32 Å². The molecule has 0 fully saturated rings. The molecule has 0 aliphatic heterocycles. The van der Waals surface area contributed by atoms with E-state index in [-0.39, 0.29) is 5.82 Å². The normalized spacial score (nSPS) is 10.8. The van der Waals surface area contributed by atoms with Crippen LogP contribution < -0.4 is 10.6 Å². The van der Waals surface area contributed by atoms with E-state index in [0.717, 1.165) is 21.1 Å². The number of aromatic nitrogens is 2. The van der Waals surface area contributed by atoms with E-state index in [0.29, 0.717) is 18.2 Å². The first kappa shape index (κ1) is 18.2. The quantitative estimate of drug-likeness (QED) is 0.433. The molecule has 0 radical (unpaired) electrons. The fraction of sp³-hybridized carbons (Fsp3) is 0.0476. The van der Waals surface area contributed by atoms with Crippen LogP contribution in [-0.2, 0) is 6.54 Å². The van der Waals surface area contributed by atoms with Crippen molar-refractivity contribution in [3.8, 4) is 0 Å². The molecule has 28 heavy (non-hydrogen) atoms. The zero-order chi connectivity index (χ0) is 19.5. The molecule has 2 N–H and O–H groups in total. The number of halogens is 2. The topological polar surface area (TPSA) is 59.0 Å². The van der Waals surface area contributed by atoms with E-state index in [1.54, 1.807) is 18.2 Å². The van der Waals surface area contributed by atoms with E-state index in [4.69, 9.17) is 0 Å². The molecule has 7 heteroatoms. The highest BCUT2D eigenvalue weighted by Gasteiger charge is 2.14. The lowest BCUT2D eigenvalue weighted by Gasteiger charge is -2.11. The van der Waals surface area contributed by atoms with Crippen LogP contribution in [0.3, 0.4) is 0 Å². The Hall–Kier alpha value is -3.19. The van der Waals surface area contributed by atoms with Crippen molar-refractivity contribution in [3.05, 3.63) is 88.6 Å². The first-order valence-corrected chi connectivity index (χ1v) is 9.41. The van der Waals surface area contributed by atoms with E-state index in [9.17, 15) is 9.18 Å². The van der Waals surface area contributed by atoms with Crippen LogP contribution in [0.2, 0.25) is 0 Å². The minimum atomic E-state index is -0.408. The molecule has 5 nitrogen and oxygen atoms in total. The molecule has 0 aliphatic rings. The molecule has 0 saturated heterocycles. The van der Waals surface area contributed by atoms with Gasteiger partial charge < -0.3 is 9.88 Å². The Morgan fingerprint density at radius 3 is 2.64 bits per heavy atom. The molecular weight excluding hydrogens is 423 g/mol. The van der Waals surface area contributed by atoms with Crippen LogP contribution in [0.5, 0.6) is 0 Å². The maximum Gasteiger partial charge on any atom is 0.326 e. The van der Waals surface area contributed by atoms with Crippen LogP contribution >= 0.6 is 15.9 Å². The lowest BCUT2D eigenvalue weighted by atomic mass is 10.2. The zero-order valence-corrected chi connectivity index (χ0v) is 16.3. The summed E-state index contributed by atoms with van der Waals surface area (Å²) >= 11 is 3.38. The monoisotopic (exact) mass is 438 g/mol. The molecular formula is C21H16BrFN4O. The van der Waals surface area contributed by atoms with Gasteiger partial charge in [-0.15, -0.1) is 0 Å². The van der Waals surface area contributed by atoms with E-state index in [1.165, 1.54) is 12.1 Å². The number of rotatable bonds is 4. The van der Waals surface area contributed by atoms with Crippen LogP contribution in [-0.4, -0.2) is 15.6 Å². The highest BCUT2D eigenvalue weighted by Crippen LogP contribution is 2.22. The number of fused-ring (bicyclic) bond motifs is 1. The average Bonchev–Trinajstić information content (AvgIpc) is 2.99. The fourth-order valence-electron chi connectivity index (χ4n) is 2.98. The summed E-state index contributed by atoms with van der Waals surface area (Å²) in [6.07, 6.45) is 0. The van der Waals surface area contributed by atoms with Gasteiger partial charge in [-0.1, -0.05) is 46.3 Å². The summed E-state index contributed by atoms with van der Waals surface area (Å²) in [5, 5.41) is 5.58. The van der Waals surface area contributed by atoms with Crippen molar-refractivity contribution >= 4 is 44.6 Å². The van der Waals surface area contributed by atoms with Gasteiger partial charge in [0.05, 0.1) is 17.6 Å². The second kappa shape index (κ2) is 7.82. The van der Waals surface area contributed by atoms with Crippen molar-refractivity contribution in [1.29, 1.82) is 0 Å². The maximum absolute atomic E-state index is 13.6. The molecule has 140 valence electrons. The summed E-state index contributed by atoms with van der Waals surface area (Å²) in [5.74, 6) is 0.0850. The van der Waals surface area contributed by atoms with Gasteiger partial charge in [0.1, 0.15) is 5.82 Å². The zero-order valence-electron chi connectivity index (χ0n) is 14.7. The van der Waals surface area contributed by atoms with Crippen LogP contribution in [0, 0.1) is 5.82 Å². The van der Waals surface area contributed by atoms with E-state index in [1.807, 2.05) is 47.0 Å². The third-order valence-corrected chi connectivity index (χ3v) is 4.69. The molecule has 2 amide bonds. The molecule has 0 spiro atoms. The van der Waals surface area contributed by atoms with Gasteiger partial charge >= 0.3 is 6.03 Å². The summed E-state index contributed by atoms with van der Waals surface area (Å²) < 4.78 is 16.3. The van der Waals surface area contributed by atoms with Gasteiger partial charge in [-0.2, -0.15) is 0 Å². The molecule has 0 saturated carbocycles. The molecule has 1 heterocycles. The van der Waals surface area contributed by atoms with E-state index in [2.05, 4.69) is 31.5 Å². The van der Waals surface area contributed by atoms with Crippen LogP contribution in [0.1, 0.15) is 5.56 Å². The minimum Gasteiger partial charge on any atom is -0.308 e. The number of imidazole rings is 1. The molecule has 4 rings (SSSR count). The molecule has 0 bridgehead atoms. The molecule has 0 aliphatic carbocycles. The van der Waals surface area contributed by atoms with Gasteiger partial charge in [-0.05, 0) is 48.0 Å². The number of carbonyl (C=O) groups excluding carboxylic acids is 1. The summed E-state index contributed by atoms with van der Waals surface area (Å²) in [7, 11) is 0. The Bertz CT molecular complexity index is 1160. The van der Waals surface area contributed by atoms with Crippen molar-refractivity contribution in [2.45, 2.75) is 6.54 Å². The van der Waals surface area contributed by atoms with Gasteiger partial charge in [0.15, 0.2) is 0 Å². The standard InChI is InChI=1S/C21H16BrFN4O/c22-15-6-4-8-17(12-15)24-21(28)26-20-25-18-9-1-2-10-19(18)27(20)13-14-5-3-7-16(23)11-14/h1-12H,13H2,(H2,24,25,26,28). The molecule has 1 aromatic heterocycles. The van der Waals surface area contributed by atoms with Crippen molar-refractivity contribution in [3.63, 3.8) is 0 Å². The number of carbonyl (C=O) groups is 1. The van der Waals surface area contributed by atoms with Crippen LogP contribution in [0.15, 0.2) is 77.3 Å². The SMILES string of the molecule is O=C(Nc1cccc(Br)c1)Nc1nc2ccccc2n1Cc1cccc(F)c1. The average molecular weight is 439 g/mol. The molecule has 0 atom stereocenters. The minimum absolute atomic E-state index is 0.302. The number of urea groups is 1. The summed E-state index contributed by atoms with van der Waals surface area (Å²) in [6.45, 7) is 0.380. The Morgan fingerprint density at radius 1 is 1.00 bits per heavy atom. The Labute approximate surface area is 169 Å². The second-order valence-corrected chi connectivity index (χ2v) is 7.15. The van der Waals surface area contributed by atoms with Gasteiger partial charge in [-0.25, -0.2) is 14.2 Å². The first-order chi connectivity index (χ1) is 13.6. The first-order valence-electron chi connectivity index (χ1n) is 8.62. The third-order valence-electron chi connectivity index (χ3n) is 4.19. The number of nitrogens with zero attached hydrogens (tertiary/aromatic N) is 2. The number of hydrogen-bond donors (Lipinski definition) is 2. The van der Waals surface area contributed by atoms with Crippen LogP contribution in [0.25, 0.3) is 11.0 Å². The number of anilines is 2. The number of para-hydroxylation sites is 2. The maximum atomic E-state index is 13.6. The lowest BCUT2D eigenvalue weighted by molar-refractivity contribution is 0.262. The summed E-state index contributed by atoms with van der Waals surface area (Å²) in [4.78, 5) is 17.0. The van der Waals surface area contributed by atoms with Crippen molar-refractivity contribution in [2.75, 3.05) is 10.6 Å². The van der Waals surface area contributed by atoms with Gasteiger partial charge in [0.25, 0.3) is 0 Å². The Kier molecular flexibility index (Phi) is 5.08.